The van der Waals surface area contributed by atoms with E-state index in [2.05, 4.69) is 4.98 Å². The third-order valence-electron chi connectivity index (χ3n) is 5.50. The summed E-state index contributed by atoms with van der Waals surface area (Å²) < 4.78 is 26.7. The second-order valence-corrected chi connectivity index (χ2v) is 6.78. The van der Waals surface area contributed by atoms with Gasteiger partial charge in [0.2, 0.25) is 6.43 Å². The van der Waals surface area contributed by atoms with Gasteiger partial charge in [-0.1, -0.05) is 0 Å². The lowest BCUT2D eigenvalue weighted by Crippen LogP contribution is -2.29. The molecule has 120 valence electrons. The highest BCUT2D eigenvalue weighted by atomic mass is 19.3. The van der Waals surface area contributed by atoms with Gasteiger partial charge < -0.3 is 5.11 Å². The van der Waals surface area contributed by atoms with Crippen LogP contribution in [0, 0.1) is 11.3 Å². The highest BCUT2D eigenvalue weighted by molar-refractivity contribution is 5.93. The molecule has 1 heterocycles. The van der Waals surface area contributed by atoms with Crippen LogP contribution in [-0.4, -0.2) is 22.5 Å². The zero-order valence-corrected chi connectivity index (χ0v) is 12.6. The summed E-state index contributed by atoms with van der Waals surface area (Å²) in [5.41, 5.74) is 2.18. The van der Waals surface area contributed by atoms with Crippen molar-refractivity contribution < 1.29 is 18.7 Å². The Kier molecular flexibility index (Phi) is 3.15. The number of aromatic carboxylic acids is 1. The molecular weight excluding hydrogens is 300 g/mol. The van der Waals surface area contributed by atoms with E-state index >= 15 is 0 Å². The molecule has 2 aliphatic carbocycles. The summed E-state index contributed by atoms with van der Waals surface area (Å²) in [6.07, 6.45) is 1.11. The highest BCUT2D eigenvalue weighted by Gasteiger charge is 2.56. The van der Waals surface area contributed by atoms with Crippen molar-refractivity contribution in [3.05, 3.63) is 41.1 Å². The molecule has 1 unspecified atom stereocenters. The molecule has 1 aromatic carbocycles. The molecule has 1 atom stereocenters. The van der Waals surface area contributed by atoms with Crippen LogP contribution in [0.25, 0.3) is 10.9 Å². The molecule has 5 heteroatoms. The number of fused-ring (bicyclic) bond motifs is 2. The minimum absolute atomic E-state index is 0.0110. The highest BCUT2D eigenvalue weighted by Crippen LogP contribution is 2.59. The molecule has 3 nitrogen and oxygen atoms in total. The second-order valence-electron chi connectivity index (χ2n) is 6.78. The van der Waals surface area contributed by atoms with Crippen molar-refractivity contribution in [3.63, 3.8) is 0 Å². The molecule has 0 radical (unpaired) electrons. The van der Waals surface area contributed by atoms with Crippen LogP contribution >= 0.6 is 0 Å². The van der Waals surface area contributed by atoms with Gasteiger partial charge in [0.25, 0.3) is 0 Å². The maximum atomic E-state index is 13.3. The van der Waals surface area contributed by atoms with E-state index < -0.39 is 17.8 Å². The predicted molar refractivity (Wildman–Crippen MR) is 81.9 cm³/mol. The average Bonchev–Trinajstić information content (AvgIpc) is 3.33. The van der Waals surface area contributed by atoms with E-state index in [0.29, 0.717) is 19.3 Å². The van der Waals surface area contributed by atoms with Crippen molar-refractivity contribution in [1.29, 1.82) is 0 Å². The van der Waals surface area contributed by atoms with Gasteiger partial charge in [-0.2, -0.15) is 0 Å². The topological polar surface area (TPSA) is 50.2 Å². The molecule has 4 rings (SSSR count). The van der Waals surface area contributed by atoms with Crippen LogP contribution in [0.1, 0.15) is 40.9 Å². The summed E-state index contributed by atoms with van der Waals surface area (Å²) in [5.74, 6) is -0.964. The zero-order valence-electron chi connectivity index (χ0n) is 12.6. The Labute approximate surface area is 132 Å². The Morgan fingerprint density at radius 3 is 2.74 bits per heavy atom. The Morgan fingerprint density at radius 1 is 1.30 bits per heavy atom. The number of carboxylic acid groups (broad SMARTS) is 1. The molecule has 1 aromatic heterocycles. The fraction of sp³-hybridized carbons (Fsp3) is 0.444. The van der Waals surface area contributed by atoms with Gasteiger partial charge >= 0.3 is 5.97 Å². The number of halogens is 2. The molecule has 23 heavy (non-hydrogen) atoms. The summed E-state index contributed by atoms with van der Waals surface area (Å²) in [6, 6.07) is 6.81. The van der Waals surface area contributed by atoms with Crippen LogP contribution in [0.4, 0.5) is 8.78 Å². The number of carbonyl (C=O) groups is 1. The Hall–Kier alpha value is -2.04. The Bertz CT molecular complexity index is 799. The smallest absolute Gasteiger partial charge is 0.335 e. The number of aromatic nitrogens is 1. The van der Waals surface area contributed by atoms with Crippen molar-refractivity contribution >= 4 is 16.9 Å². The fourth-order valence-electron chi connectivity index (χ4n) is 3.90. The van der Waals surface area contributed by atoms with Gasteiger partial charge in [-0.3, -0.25) is 4.98 Å². The van der Waals surface area contributed by atoms with E-state index in [9.17, 15) is 13.6 Å². The first kappa shape index (κ1) is 14.5. The van der Waals surface area contributed by atoms with Crippen molar-refractivity contribution in [1.82, 2.24) is 4.98 Å². The quantitative estimate of drug-likeness (QED) is 0.928. The summed E-state index contributed by atoms with van der Waals surface area (Å²) >= 11 is 0. The number of aryl methyl sites for hydroxylation is 1. The summed E-state index contributed by atoms with van der Waals surface area (Å²) in [7, 11) is 0. The maximum Gasteiger partial charge on any atom is 0.335 e. The van der Waals surface area contributed by atoms with Crippen LogP contribution < -0.4 is 0 Å². The van der Waals surface area contributed by atoms with Crippen molar-refractivity contribution in [2.45, 2.75) is 38.5 Å². The second kappa shape index (κ2) is 4.98. The van der Waals surface area contributed by atoms with Crippen molar-refractivity contribution in [3.8, 4) is 0 Å². The number of benzene rings is 1. The van der Waals surface area contributed by atoms with Crippen LogP contribution in [0.15, 0.2) is 24.3 Å². The largest absolute Gasteiger partial charge is 0.478 e. The standard InChI is InChI=1S/C18H17F2NO2/c19-17(20)18(5-6-18)13-2-4-15-12(9-13)8-11-7-10(16(22)23)1-3-14(11)21-15/h1,3,7-8,13,17H,2,4-6,9H2,(H,22,23). The molecular formula is C18H17F2NO2. The van der Waals surface area contributed by atoms with Gasteiger partial charge in [0.15, 0.2) is 0 Å². The Balaban J connectivity index is 1.71. The maximum absolute atomic E-state index is 13.3. The lowest BCUT2D eigenvalue weighted by molar-refractivity contribution is 0.0200. The molecule has 1 fully saturated rings. The monoisotopic (exact) mass is 317 g/mol. The minimum Gasteiger partial charge on any atom is -0.478 e. The summed E-state index contributed by atoms with van der Waals surface area (Å²) in [6.45, 7) is 0. The average molecular weight is 317 g/mol. The van der Waals surface area contributed by atoms with E-state index in [1.165, 1.54) is 0 Å². The molecule has 0 bridgehead atoms. The number of carboxylic acids is 1. The predicted octanol–water partition coefficient (Wildman–Crippen LogP) is 4.08. The zero-order chi connectivity index (χ0) is 16.2. The van der Waals surface area contributed by atoms with Crippen molar-refractivity contribution in [2.24, 2.45) is 11.3 Å². The van der Waals surface area contributed by atoms with E-state index in [1.54, 1.807) is 18.2 Å². The van der Waals surface area contributed by atoms with Crippen LogP contribution in [0.5, 0.6) is 0 Å². The fourth-order valence-corrected chi connectivity index (χ4v) is 3.90. The number of hydrogen-bond acceptors (Lipinski definition) is 2. The molecule has 0 spiro atoms. The van der Waals surface area contributed by atoms with Gasteiger partial charge in [-0.25, -0.2) is 13.6 Å². The normalized spacial score (nSPS) is 22.1. The first-order valence-corrected chi connectivity index (χ1v) is 7.93. The lowest BCUT2D eigenvalue weighted by Gasteiger charge is -2.31. The molecule has 2 aromatic rings. The van der Waals surface area contributed by atoms with Crippen LogP contribution in [0.3, 0.4) is 0 Å². The first-order chi connectivity index (χ1) is 11.0. The van der Waals surface area contributed by atoms with Gasteiger partial charge in [-0.15, -0.1) is 0 Å². The third kappa shape index (κ3) is 2.30. The summed E-state index contributed by atoms with van der Waals surface area (Å²) in [4.78, 5) is 15.7. The number of nitrogens with zero attached hydrogens (tertiary/aromatic N) is 1. The molecule has 1 saturated carbocycles. The third-order valence-corrected chi connectivity index (χ3v) is 5.50. The number of rotatable bonds is 3. The van der Waals surface area contributed by atoms with E-state index in [-0.39, 0.29) is 11.5 Å². The van der Waals surface area contributed by atoms with Gasteiger partial charge in [0, 0.05) is 16.5 Å². The van der Waals surface area contributed by atoms with E-state index in [0.717, 1.165) is 35.0 Å². The molecule has 1 N–H and O–H groups in total. The molecule has 0 saturated heterocycles. The number of pyridine rings is 1. The Morgan fingerprint density at radius 2 is 2.09 bits per heavy atom. The minimum atomic E-state index is -2.25. The van der Waals surface area contributed by atoms with Gasteiger partial charge in [0.05, 0.1) is 11.1 Å². The number of alkyl halides is 2. The molecule has 0 amide bonds. The van der Waals surface area contributed by atoms with E-state index in [1.807, 2.05) is 6.07 Å². The SMILES string of the molecule is O=C(O)c1ccc2nc3c(cc2c1)CC(C1(C(F)F)CC1)CC3. The molecule has 2 aliphatic rings. The van der Waals surface area contributed by atoms with Crippen LogP contribution in [-0.2, 0) is 12.8 Å². The van der Waals surface area contributed by atoms with Gasteiger partial charge in [0.1, 0.15) is 0 Å². The van der Waals surface area contributed by atoms with Crippen LogP contribution in [0.2, 0.25) is 0 Å². The van der Waals surface area contributed by atoms with E-state index in [4.69, 9.17) is 5.11 Å². The first-order valence-electron chi connectivity index (χ1n) is 7.93. The summed E-state index contributed by atoms with van der Waals surface area (Å²) in [5, 5.41) is 9.87. The number of hydrogen-bond donors (Lipinski definition) is 1. The van der Waals surface area contributed by atoms with Gasteiger partial charge in [-0.05, 0) is 67.9 Å². The van der Waals surface area contributed by atoms with Crippen molar-refractivity contribution in [2.75, 3.05) is 0 Å². The lowest BCUT2D eigenvalue weighted by atomic mass is 9.76. The molecule has 0 aliphatic heterocycles.